The van der Waals surface area contributed by atoms with Crippen molar-refractivity contribution in [3.63, 3.8) is 0 Å². The van der Waals surface area contributed by atoms with Crippen LogP contribution in [0.25, 0.3) is 0 Å². The predicted molar refractivity (Wildman–Crippen MR) is 76.4 cm³/mol. The molecule has 1 saturated heterocycles. The predicted octanol–water partition coefficient (Wildman–Crippen LogP) is 3.13. The number of nitrogens with one attached hydrogen (secondary N) is 1. The van der Waals surface area contributed by atoms with E-state index in [1.165, 1.54) is 32.4 Å². The molecule has 2 atom stereocenters. The van der Waals surface area contributed by atoms with E-state index in [1.54, 1.807) is 0 Å². The number of likely N-dealkylation sites (tertiary alicyclic amines) is 1. The monoisotopic (exact) mass is 240 g/mol. The second-order valence-corrected chi connectivity index (χ2v) is 6.16. The first-order valence-electron chi connectivity index (χ1n) is 7.52. The van der Waals surface area contributed by atoms with E-state index in [0.29, 0.717) is 6.04 Å². The second-order valence-electron chi connectivity index (χ2n) is 6.16. The smallest absolute Gasteiger partial charge is 0.00816 e. The summed E-state index contributed by atoms with van der Waals surface area (Å²) in [7, 11) is 0. The zero-order valence-electron chi connectivity index (χ0n) is 12.5. The van der Waals surface area contributed by atoms with Crippen LogP contribution in [0.5, 0.6) is 0 Å². The van der Waals surface area contributed by atoms with Crippen LogP contribution in [0.4, 0.5) is 0 Å². The maximum absolute atomic E-state index is 3.52. The average Bonchev–Trinajstić information content (AvgIpc) is 2.29. The largest absolute Gasteiger partial charge is 0.314 e. The van der Waals surface area contributed by atoms with E-state index in [2.05, 4.69) is 44.8 Å². The highest BCUT2D eigenvalue weighted by atomic mass is 15.2. The van der Waals surface area contributed by atoms with Crippen molar-refractivity contribution in [1.82, 2.24) is 10.2 Å². The van der Waals surface area contributed by atoms with Crippen LogP contribution >= 0.6 is 0 Å². The fourth-order valence-corrected chi connectivity index (χ4v) is 3.12. The minimum atomic E-state index is 0.651. The summed E-state index contributed by atoms with van der Waals surface area (Å²) in [4.78, 5) is 2.69. The molecule has 17 heavy (non-hydrogen) atoms. The van der Waals surface area contributed by atoms with Crippen molar-refractivity contribution < 1.29 is 0 Å². The summed E-state index contributed by atoms with van der Waals surface area (Å²) < 4.78 is 0. The van der Waals surface area contributed by atoms with Crippen LogP contribution in [0.2, 0.25) is 0 Å². The van der Waals surface area contributed by atoms with Crippen LogP contribution in [0.3, 0.4) is 0 Å². The quantitative estimate of drug-likeness (QED) is 0.767. The van der Waals surface area contributed by atoms with E-state index in [1.807, 2.05) is 0 Å². The van der Waals surface area contributed by atoms with Crippen molar-refractivity contribution in [3.8, 4) is 0 Å². The molecular formula is C15H32N2. The number of rotatable bonds is 6. The van der Waals surface area contributed by atoms with Crippen LogP contribution in [0.15, 0.2) is 0 Å². The molecule has 1 N–H and O–H groups in total. The standard InChI is InChI=1S/C15H32N2/c1-6-16-13(4)11-14(5)17-9-7-15(8-10-17)12(2)3/h12-16H,6-11H2,1-5H3. The van der Waals surface area contributed by atoms with Crippen LogP contribution in [-0.2, 0) is 0 Å². The van der Waals surface area contributed by atoms with Gasteiger partial charge in [0.15, 0.2) is 0 Å². The fourth-order valence-electron chi connectivity index (χ4n) is 3.12. The Morgan fingerprint density at radius 2 is 1.71 bits per heavy atom. The second kappa shape index (κ2) is 7.38. The summed E-state index contributed by atoms with van der Waals surface area (Å²) in [5.74, 6) is 1.83. The van der Waals surface area contributed by atoms with Gasteiger partial charge in [-0.1, -0.05) is 20.8 Å². The van der Waals surface area contributed by atoms with E-state index >= 15 is 0 Å². The van der Waals surface area contributed by atoms with Gasteiger partial charge in [0.25, 0.3) is 0 Å². The molecule has 1 heterocycles. The van der Waals surface area contributed by atoms with E-state index in [4.69, 9.17) is 0 Å². The molecule has 1 aliphatic rings. The zero-order valence-corrected chi connectivity index (χ0v) is 12.5. The van der Waals surface area contributed by atoms with Gasteiger partial charge in [0.05, 0.1) is 0 Å². The number of hydrogen-bond acceptors (Lipinski definition) is 2. The molecule has 0 aromatic rings. The average molecular weight is 240 g/mol. The van der Waals surface area contributed by atoms with E-state index in [9.17, 15) is 0 Å². The zero-order chi connectivity index (χ0) is 12.8. The topological polar surface area (TPSA) is 15.3 Å². The minimum Gasteiger partial charge on any atom is -0.314 e. The highest BCUT2D eigenvalue weighted by Crippen LogP contribution is 2.26. The van der Waals surface area contributed by atoms with E-state index in [-0.39, 0.29) is 0 Å². The molecule has 0 saturated carbocycles. The molecular weight excluding hydrogens is 208 g/mol. The van der Waals surface area contributed by atoms with Crippen LogP contribution < -0.4 is 5.32 Å². The first-order valence-corrected chi connectivity index (χ1v) is 7.52. The van der Waals surface area contributed by atoms with Gasteiger partial charge < -0.3 is 10.2 Å². The Morgan fingerprint density at radius 3 is 2.18 bits per heavy atom. The van der Waals surface area contributed by atoms with Crippen molar-refractivity contribution in [3.05, 3.63) is 0 Å². The fraction of sp³-hybridized carbons (Fsp3) is 1.00. The number of piperidine rings is 1. The lowest BCUT2D eigenvalue weighted by Gasteiger charge is -2.38. The van der Waals surface area contributed by atoms with Gasteiger partial charge in [-0.2, -0.15) is 0 Å². The lowest BCUT2D eigenvalue weighted by Crippen LogP contribution is -2.43. The SMILES string of the molecule is CCNC(C)CC(C)N1CCC(C(C)C)CC1. The Bertz CT molecular complexity index is 195. The third-order valence-electron chi connectivity index (χ3n) is 4.39. The normalized spacial score (nSPS) is 22.9. The Hall–Kier alpha value is -0.0800. The Kier molecular flexibility index (Phi) is 6.50. The summed E-state index contributed by atoms with van der Waals surface area (Å²) in [5.41, 5.74) is 0. The molecule has 0 aromatic heterocycles. The first kappa shape index (κ1) is 15.0. The maximum Gasteiger partial charge on any atom is 0.00816 e. The summed E-state index contributed by atoms with van der Waals surface area (Å²) >= 11 is 0. The lowest BCUT2D eigenvalue weighted by atomic mass is 9.86. The maximum atomic E-state index is 3.52. The van der Waals surface area contributed by atoms with Crippen molar-refractivity contribution in [2.75, 3.05) is 19.6 Å². The van der Waals surface area contributed by atoms with E-state index < -0.39 is 0 Å². The third-order valence-corrected chi connectivity index (χ3v) is 4.39. The molecule has 2 heteroatoms. The van der Waals surface area contributed by atoms with Gasteiger partial charge in [0.2, 0.25) is 0 Å². The molecule has 2 unspecified atom stereocenters. The molecule has 0 radical (unpaired) electrons. The summed E-state index contributed by atoms with van der Waals surface area (Å²) in [6.45, 7) is 15.3. The molecule has 1 fully saturated rings. The first-order chi connectivity index (χ1) is 8.04. The molecule has 2 nitrogen and oxygen atoms in total. The highest BCUT2D eigenvalue weighted by Gasteiger charge is 2.24. The minimum absolute atomic E-state index is 0.651. The number of nitrogens with zero attached hydrogens (tertiary/aromatic N) is 1. The van der Waals surface area contributed by atoms with Gasteiger partial charge in [-0.25, -0.2) is 0 Å². The van der Waals surface area contributed by atoms with Crippen molar-refractivity contribution in [1.29, 1.82) is 0 Å². The van der Waals surface area contributed by atoms with E-state index in [0.717, 1.165) is 24.4 Å². The Balaban J connectivity index is 2.28. The van der Waals surface area contributed by atoms with Gasteiger partial charge in [0, 0.05) is 12.1 Å². The highest BCUT2D eigenvalue weighted by molar-refractivity contribution is 4.79. The van der Waals surface area contributed by atoms with Crippen molar-refractivity contribution in [2.24, 2.45) is 11.8 Å². The Labute approximate surface area is 108 Å². The molecule has 0 bridgehead atoms. The lowest BCUT2D eigenvalue weighted by molar-refractivity contribution is 0.113. The summed E-state index contributed by atoms with van der Waals surface area (Å²) in [6.07, 6.45) is 4.08. The van der Waals surface area contributed by atoms with Crippen LogP contribution in [0.1, 0.15) is 53.9 Å². The Morgan fingerprint density at radius 1 is 1.12 bits per heavy atom. The molecule has 0 amide bonds. The molecule has 1 aliphatic heterocycles. The summed E-state index contributed by atoms with van der Waals surface area (Å²) in [5, 5.41) is 3.52. The summed E-state index contributed by atoms with van der Waals surface area (Å²) in [6, 6.07) is 1.38. The van der Waals surface area contributed by atoms with Crippen molar-refractivity contribution >= 4 is 0 Å². The van der Waals surface area contributed by atoms with Gasteiger partial charge in [-0.3, -0.25) is 0 Å². The number of hydrogen-bond donors (Lipinski definition) is 1. The molecule has 0 spiro atoms. The van der Waals surface area contributed by atoms with Gasteiger partial charge in [-0.15, -0.1) is 0 Å². The van der Waals surface area contributed by atoms with Gasteiger partial charge in [-0.05, 0) is 64.6 Å². The molecule has 0 aliphatic carbocycles. The molecule has 0 aromatic carbocycles. The van der Waals surface area contributed by atoms with Gasteiger partial charge >= 0.3 is 0 Å². The van der Waals surface area contributed by atoms with Gasteiger partial charge in [0.1, 0.15) is 0 Å². The van der Waals surface area contributed by atoms with Crippen LogP contribution in [-0.4, -0.2) is 36.6 Å². The van der Waals surface area contributed by atoms with Crippen molar-refractivity contribution in [2.45, 2.75) is 66.0 Å². The molecule has 1 rings (SSSR count). The third kappa shape index (κ3) is 4.97. The van der Waals surface area contributed by atoms with Crippen LogP contribution in [0, 0.1) is 11.8 Å². The molecule has 102 valence electrons.